The van der Waals surface area contributed by atoms with E-state index in [1.165, 1.54) is 0 Å². The molecule has 2 atom stereocenters. The smallest absolute Gasteiger partial charge is 0.252 e. The second-order valence-electron chi connectivity index (χ2n) is 5.08. The first-order valence-electron chi connectivity index (χ1n) is 6.56. The van der Waals surface area contributed by atoms with E-state index in [4.69, 9.17) is 5.73 Å². The maximum atomic E-state index is 12.1. The third kappa shape index (κ3) is 3.48. The summed E-state index contributed by atoms with van der Waals surface area (Å²) < 4.78 is 0.740. The maximum absolute atomic E-state index is 12.1. The van der Waals surface area contributed by atoms with Crippen LogP contribution in [0.2, 0.25) is 0 Å². The number of hydrogen-bond donors (Lipinski definition) is 3. The Morgan fingerprint density at radius 2 is 2.16 bits per heavy atom. The molecule has 0 aliphatic heterocycles. The van der Waals surface area contributed by atoms with Crippen molar-refractivity contribution in [3.63, 3.8) is 0 Å². The molecule has 1 amide bonds. The van der Waals surface area contributed by atoms with Crippen molar-refractivity contribution in [2.45, 2.75) is 19.3 Å². The molecule has 0 aromatic heterocycles. The zero-order valence-corrected chi connectivity index (χ0v) is 12.3. The van der Waals surface area contributed by atoms with Crippen LogP contribution in [0.15, 0.2) is 22.7 Å². The van der Waals surface area contributed by atoms with Gasteiger partial charge in [-0.1, -0.05) is 6.42 Å². The van der Waals surface area contributed by atoms with Crippen molar-refractivity contribution in [1.82, 2.24) is 5.32 Å². The predicted molar refractivity (Wildman–Crippen MR) is 78.8 cm³/mol. The molecule has 104 valence electrons. The van der Waals surface area contributed by atoms with Crippen molar-refractivity contribution in [2.75, 3.05) is 18.9 Å². The van der Waals surface area contributed by atoms with Crippen LogP contribution in [0.3, 0.4) is 0 Å². The molecule has 2 rings (SSSR count). The van der Waals surface area contributed by atoms with Gasteiger partial charge in [-0.3, -0.25) is 4.79 Å². The monoisotopic (exact) mass is 326 g/mol. The Morgan fingerprint density at radius 3 is 2.89 bits per heavy atom. The Hall–Kier alpha value is -1.07. The van der Waals surface area contributed by atoms with Gasteiger partial charge in [-0.25, -0.2) is 0 Å². The molecule has 1 aliphatic carbocycles. The highest BCUT2D eigenvalue weighted by Crippen LogP contribution is 2.30. The lowest BCUT2D eigenvalue weighted by molar-refractivity contribution is 0.0937. The number of aliphatic hydroxyl groups excluding tert-OH is 1. The average molecular weight is 327 g/mol. The van der Waals surface area contributed by atoms with Crippen molar-refractivity contribution in [3.05, 3.63) is 28.2 Å². The van der Waals surface area contributed by atoms with E-state index in [2.05, 4.69) is 21.2 Å². The Morgan fingerprint density at radius 1 is 1.42 bits per heavy atom. The van der Waals surface area contributed by atoms with Gasteiger partial charge in [0.2, 0.25) is 0 Å². The van der Waals surface area contributed by atoms with E-state index in [9.17, 15) is 9.90 Å². The fourth-order valence-corrected chi connectivity index (χ4v) is 3.09. The first-order valence-corrected chi connectivity index (χ1v) is 7.35. The Kier molecular flexibility index (Phi) is 4.82. The van der Waals surface area contributed by atoms with E-state index < -0.39 is 0 Å². The van der Waals surface area contributed by atoms with Gasteiger partial charge in [-0.15, -0.1) is 0 Å². The van der Waals surface area contributed by atoms with Gasteiger partial charge < -0.3 is 16.2 Å². The summed E-state index contributed by atoms with van der Waals surface area (Å²) in [4.78, 5) is 12.1. The van der Waals surface area contributed by atoms with Crippen LogP contribution in [0.25, 0.3) is 0 Å². The number of benzene rings is 1. The molecule has 2 unspecified atom stereocenters. The Bertz CT molecular complexity index is 465. The molecule has 4 nitrogen and oxygen atoms in total. The lowest BCUT2D eigenvalue weighted by atomic mass is 9.97. The van der Waals surface area contributed by atoms with Crippen molar-refractivity contribution >= 4 is 27.5 Å². The second-order valence-corrected chi connectivity index (χ2v) is 5.94. The van der Waals surface area contributed by atoms with Gasteiger partial charge in [0.05, 0.1) is 5.56 Å². The highest BCUT2D eigenvalue weighted by atomic mass is 79.9. The van der Waals surface area contributed by atoms with Gasteiger partial charge in [0, 0.05) is 23.3 Å². The average Bonchev–Trinajstić information content (AvgIpc) is 2.86. The predicted octanol–water partition coefficient (Wildman–Crippen LogP) is 2.17. The first-order chi connectivity index (χ1) is 9.11. The van der Waals surface area contributed by atoms with Crippen LogP contribution < -0.4 is 11.1 Å². The summed E-state index contributed by atoms with van der Waals surface area (Å²) in [5.41, 5.74) is 6.82. The number of carbonyl (C=O) groups excluding carboxylic acids is 1. The summed E-state index contributed by atoms with van der Waals surface area (Å²) in [6, 6.07) is 5.19. The summed E-state index contributed by atoms with van der Waals surface area (Å²) in [6.07, 6.45) is 3.26. The molecule has 19 heavy (non-hydrogen) atoms. The molecule has 0 saturated heterocycles. The molecule has 1 aromatic carbocycles. The maximum Gasteiger partial charge on any atom is 0.252 e. The van der Waals surface area contributed by atoms with Gasteiger partial charge in [0.15, 0.2) is 0 Å². The van der Waals surface area contributed by atoms with Crippen molar-refractivity contribution in [1.29, 1.82) is 0 Å². The lowest BCUT2D eigenvalue weighted by Crippen LogP contribution is -2.31. The van der Waals surface area contributed by atoms with E-state index in [0.717, 1.165) is 23.7 Å². The highest BCUT2D eigenvalue weighted by Gasteiger charge is 2.27. The van der Waals surface area contributed by atoms with Crippen LogP contribution in [0.5, 0.6) is 0 Å². The summed E-state index contributed by atoms with van der Waals surface area (Å²) in [5, 5.41) is 12.2. The normalized spacial score (nSPS) is 22.4. The van der Waals surface area contributed by atoms with Gasteiger partial charge in [0.1, 0.15) is 0 Å². The molecule has 1 aliphatic rings. The number of nitrogens with one attached hydrogen (secondary N) is 1. The SMILES string of the molecule is Nc1ccc(Br)c(C(=O)NCC2CCCC2CO)c1. The topological polar surface area (TPSA) is 75.4 Å². The number of carbonyl (C=O) groups is 1. The minimum Gasteiger partial charge on any atom is -0.399 e. The number of amides is 1. The van der Waals surface area contributed by atoms with E-state index in [0.29, 0.717) is 29.6 Å². The zero-order chi connectivity index (χ0) is 13.8. The lowest BCUT2D eigenvalue weighted by Gasteiger charge is -2.18. The van der Waals surface area contributed by atoms with Crippen molar-refractivity contribution in [2.24, 2.45) is 11.8 Å². The minimum atomic E-state index is -0.122. The first kappa shape index (κ1) is 14.3. The van der Waals surface area contributed by atoms with Gasteiger partial charge in [-0.05, 0) is 58.8 Å². The zero-order valence-electron chi connectivity index (χ0n) is 10.7. The summed E-state index contributed by atoms with van der Waals surface area (Å²) >= 11 is 3.35. The molecular weight excluding hydrogens is 308 g/mol. The Balaban J connectivity index is 1.96. The molecule has 0 spiro atoms. The molecule has 5 heteroatoms. The molecule has 0 bridgehead atoms. The molecular formula is C14H19BrN2O2. The van der Waals surface area contributed by atoms with Crippen LogP contribution in [-0.2, 0) is 0 Å². The number of aliphatic hydroxyl groups is 1. The molecule has 1 saturated carbocycles. The summed E-state index contributed by atoms with van der Waals surface area (Å²) in [6.45, 7) is 0.827. The van der Waals surface area contributed by atoms with E-state index in [-0.39, 0.29) is 12.5 Å². The highest BCUT2D eigenvalue weighted by molar-refractivity contribution is 9.10. The second kappa shape index (κ2) is 6.39. The largest absolute Gasteiger partial charge is 0.399 e. The number of halogens is 1. The number of hydrogen-bond acceptors (Lipinski definition) is 3. The van der Waals surface area contributed by atoms with Crippen LogP contribution >= 0.6 is 15.9 Å². The summed E-state index contributed by atoms with van der Waals surface area (Å²) in [5.74, 6) is 0.584. The molecule has 0 heterocycles. The number of nitrogen functional groups attached to an aromatic ring is 1. The fourth-order valence-electron chi connectivity index (χ4n) is 2.66. The third-order valence-corrected chi connectivity index (χ3v) is 4.50. The van der Waals surface area contributed by atoms with Crippen LogP contribution in [0.4, 0.5) is 5.69 Å². The van der Waals surface area contributed by atoms with Crippen LogP contribution in [-0.4, -0.2) is 24.2 Å². The van der Waals surface area contributed by atoms with Crippen LogP contribution in [0.1, 0.15) is 29.6 Å². The van der Waals surface area contributed by atoms with Crippen LogP contribution in [0, 0.1) is 11.8 Å². The van der Waals surface area contributed by atoms with Gasteiger partial charge in [-0.2, -0.15) is 0 Å². The number of anilines is 1. The minimum absolute atomic E-state index is 0.122. The van der Waals surface area contributed by atoms with E-state index in [1.807, 2.05) is 0 Å². The number of rotatable bonds is 4. The molecule has 1 fully saturated rings. The fraction of sp³-hybridized carbons (Fsp3) is 0.500. The van der Waals surface area contributed by atoms with Gasteiger partial charge in [0.25, 0.3) is 5.91 Å². The molecule has 1 aromatic rings. The molecule has 0 radical (unpaired) electrons. The standard InChI is InChI=1S/C14H19BrN2O2/c15-13-5-4-11(16)6-12(13)14(19)17-7-9-2-1-3-10(9)8-18/h4-6,9-10,18H,1-3,7-8,16H2,(H,17,19). The van der Waals surface area contributed by atoms with E-state index >= 15 is 0 Å². The summed E-state index contributed by atoms with van der Waals surface area (Å²) in [7, 11) is 0. The molecule has 4 N–H and O–H groups in total. The van der Waals surface area contributed by atoms with Gasteiger partial charge >= 0.3 is 0 Å². The van der Waals surface area contributed by atoms with Crippen molar-refractivity contribution in [3.8, 4) is 0 Å². The van der Waals surface area contributed by atoms with Crippen molar-refractivity contribution < 1.29 is 9.90 Å². The quantitative estimate of drug-likeness (QED) is 0.742. The number of nitrogens with two attached hydrogens (primary N) is 1. The third-order valence-electron chi connectivity index (χ3n) is 3.81. The van der Waals surface area contributed by atoms with E-state index in [1.54, 1.807) is 18.2 Å². The Labute approximate surface area is 121 Å².